The van der Waals surface area contributed by atoms with Crippen molar-refractivity contribution >= 4 is 68.2 Å². The van der Waals surface area contributed by atoms with Gasteiger partial charge in [0, 0.05) is 81.8 Å². The number of allylic oxidation sites excluding steroid dienone is 4. The van der Waals surface area contributed by atoms with E-state index < -0.39 is 0 Å². The summed E-state index contributed by atoms with van der Waals surface area (Å²) in [5.74, 6) is 0.172. The van der Waals surface area contributed by atoms with Crippen LogP contribution in [0.4, 0.5) is 39.8 Å². The highest BCUT2D eigenvalue weighted by Gasteiger charge is 2.25. The Kier molecular flexibility index (Phi) is 11.8. The van der Waals surface area contributed by atoms with Gasteiger partial charge in [-0.25, -0.2) is 0 Å². The van der Waals surface area contributed by atoms with Gasteiger partial charge in [-0.15, -0.1) is 0 Å². The zero-order chi connectivity index (χ0) is 40.4. The van der Waals surface area contributed by atoms with Gasteiger partial charge in [-0.05, 0) is 102 Å². The minimum Gasteiger partial charge on any atom is -0.311 e. The van der Waals surface area contributed by atoms with E-state index in [0.29, 0.717) is 17.8 Å². The van der Waals surface area contributed by atoms with Gasteiger partial charge in [-0.1, -0.05) is 109 Å². The number of nitrogens with one attached hydrogen (secondary N) is 1. The molecule has 3 N–H and O–H groups in total. The summed E-state index contributed by atoms with van der Waals surface area (Å²) in [4.78, 5) is 21.3. The van der Waals surface area contributed by atoms with Gasteiger partial charge in [0.05, 0.1) is 5.71 Å². The van der Waals surface area contributed by atoms with Crippen LogP contribution in [0.1, 0.15) is 47.7 Å². The smallest absolute Gasteiger partial charge is 0.162 e. The first-order chi connectivity index (χ1) is 29.1. The van der Waals surface area contributed by atoms with Gasteiger partial charge in [0.15, 0.2) is 17.2 Å². The lowest BCUT2D eigenvalue weighted by Crippen LogP contribution is -2.72. The summed E-state index contributed by atoms with van der Waals surface area (Å²) >= 11 is 0. The molecule has 0 bridgehead atoms. The van der Waals surface area contributed by atoms with E-state index in [-0.39, 0.29) is 5.78 Å². The quantitative estimate of drug-likeness (QED) is 0.0499. The minimum absolute atomic E-state index is 0.172. The molecular formula is C52H45N6O+. The number of rotatable bonds is 14. The molecule has 0 fully saturated rings. The number of benzene rings is 6. The summed E-state index contributed by atoms with van der Waals surface area (Å²) in [7, 11) is 0. The lowest BCUT2D eigenvalue weighted by molar-refractivity contribution is -0.577. The molecule has 1 aliphatic rings. The van der Waals surface area contributed by atoms with Gasteiger partial charge in [0.1, 0.15) is 0 Å². The highest BCUT2D eigenvalue weighted by Crippen LogP contribution is 2.38. The molecule has 0 atom stereocenters. The zero-order valence-electron chi connectivity index (χ0n) is 32.9. The summed E-state index contributed by atoms with van der Waals surface area (Å²) in [5.41, 5.74) is 13.9. The fourth-order valence-electron chi connectivity index (χ4n) is 7.27. The van der Waals surface area contributed by atoms with Crippen molar-refractivity contribution in [1.82, 2.24) is 4.98 Å². The minimum atomic E-state index is 0.172. The Labute approximate surface area is 345 Å². The lowest BCUT2D eigenvalue weighted by atomic mass is 9.86. The van der Waals surface area contributed by atoms with E-state index in [0.717, 1.165) is 80.5 Å². The number of carbonyl (C=O) groups is 1. The molecule has 0 spiro atoms. The molecule has 0 saturated carbocycles. The summed E-state index contributed by atoms with van der Waals surface area (Å²) in [6.45, 7) is 2.10. The Morgan fingerprint density at radius 1 is 0.559 bits per heavy atom. The number of nitrogens with two attached hydrogens (primary N) is 1. The number of unbranched alkanes of at least 4 members (excludes halogenated alkanes) is 1. The maximum atomic E-state index is 12.8. The Bertz CT molecular complexity index is 2560. The van der Waals surface area contributed by atoms with E-state index in [4.69, 9.17) is 5.10 Å². The third-order valence-corrected chi connectivity index (χ3v) is 10.3. The number of anilines is 6. The topological polar surface area (TPSA) is 89.3 Å². The Balaban J connectivity index is 1.12. The predicted molar refractivity (Wildman–Crippen MR) is 243 cm³/mol. The number of hydrogen-bond acceptors (Lipinski definition) is 6. The number of pyridine rings is 1. The molecule has 0 unspecified atom stereocenters. The molecule has 1 heterocycles. The van der Waals surface area contributed by atoms with Crippen LogP contribution in [0.2, 0.25) is 0 Å². The second-order valence-electron chi connectivity index (χ2n) is 14.3. The first kappa shape index (κ1) is 38.4. The monoisotopic (exact) mass is 769 g/mol. The molecule has 0 saturated heterocycles. The molecule has 7 aromatic rings. The van der Waals surface area contributed by atoms with Crippen LogP contribution in [0, 0.1) is 5.41 Å². The molecule has 1 aliphatic carbocycles. The number of nitrogens with zero attached hydrogens (tertiary/aromatic N) is 4. The second kappa shape index (κ2) is 18.2. The molecule has 0 radical (unpaired) electrons. The highest BCUT2D eigenvalue weighted by atomic mass is 16.1. The van der Waals surface area contributed by atoms with Crippen molar-refractivity contribution in [2.24, 2.45) is 5.10 Å². The molecule has 8 rings (SSSR count). The number of hydrogen-bond donors (Lipinski definition) is 2. The van der Waals surface area contributed by atoms with Crippen LogP contribution < -0.4 is 15.2 Å². The van der Waals surface area contributed by atoms with Crippen molar-refractivity contribution in [2.45, 2.75) is 26.2 Å². The summed E-state index contributed by atoms with van der Waals surface area (Å²) in [6, 6.07) is 59.4. The van der Waals surface area contributed by atoms with Crippen molar-refractivity contribution in [2.75, 3.05) is 9.80 Å². The maximum absolute atomic E-state index is 12.8. The number of para-hydroxylation sites is 3. The molecule has 7 heteroatoms. The number of carbonyl (C=O) groups excluding carboxylic acids is 1. The molecule has 1 aromatic heterocycles. The van der Waals surface area contributed by atoms with Crippen molar-refractivity contribution in [3.8, 4) is 0 Å². The first-order valence-corrected chi connectivity index (χ1v) is 20.0. The van der Waals surface area contributed by atoms with Crippen LogP contribution in [0.25, 0.3) is 11.1 Å². The van der Waals surface area contributed by atoms with Crippen molar-refractivity contribution in [3.63, 3.8) is 0 Å². The van der Waals surface area contributed by atoms with Gasteiger partial charge in [0.2, 0.25) is 0 Å². The van der Waals surface area contributed by atoms with E-state index in [9.17, 15) is 10.2 Å². The van der Waals surface area contributed by atoms with Crippen LogP contribution in [0.5, 0.6) is 0 Å². The van der Waals surface area contributed by atoms with Crippen LogP contribution in [-0.2, 0) is 0 Å². The molecule has 0 aliphatic heterocycles. The molecule has 7 nitrogen and oxygen atoms in total. The van der Waals surface area contributed by atoms with E-state index >= 15 is 0 Å². The molecule has 0 amide bonds. The number of ketones is 1. The van der Waals surface area contributed by atoms with Crippen molar-refractivity contribution in [3.05, 3.63) is 217 Å². The predicted octanol–water partition coefficient (Wildman–Crippen LogP) is 12.1. The Hall–Kier alpha value is -7.48. The summed E-state index contributed by atoms with van der Waals surface area (Å²) in [5, 5.41) is 14.6. The van der Waals surface area contributed by atoms with Gasteiger partial charge >= 0.3 is 0 Å². The third-order valence-electron chi connectivity index (χ3n) is 10.3. The maximum Gasteiger partial charge on any atom is 0.162 e. The zero-order valence-corrected chi connectivity index (χ0v) is 32.9. The molecule has 6 aromatic carbocycles. The molecular weight excluding hydrogens is 725 g/mol. The van der Waals surface area contributed by atoms with Gasteiger partial charge in [-0.2, -0.15) is 5.43 Å². The number of quaternary nitrogens is 1. The van der Waals surface area contributed by atoms with E-state index in [1.807, 2.05) is 72.8 Å². The number of Topliss-reactive ketones (excluding diaryl/α,β-unsaturated/α-hetero) is 1. The summed E-state index contributed by atoms with van der Waals surface area (Å²) < 4.78 is 0. The Morgan fingerprint density at radius 3 is 1.46 bits per heavy atom. The van der Waals surface area contributed by atoms with E-state index in [2.05, 4.69) is 137 Å². The Morgan fingerprint density at radius 2 is 0.983 bits per heavy atom. The van der Waals surface area contributed by atoms with Crippen LogP contribution in [0.15, 0.2) is 206 Å². The average molecular weight is 770 g/mol. The first-order valence-electron chi connectivity index (χ1n) is 20.0. The normalized spacial score (nSPS) is 13.1. The SMILES string of the molecule is CCCCC(=O)c1ccc(N(c2ccccc2)c2ccc(C3=CC=C(c4ccc(N(c5ccccc5)c5ccccc5)cc4)C(=N[NH2+]c4ccncc4)C3=N)cc2)cc1. The third kappa shape index (κ3) is 8.76. The molecule has 59 heavy (non-hydrogen) atoms. The van der Waals surface area contributed by atoms with Crippen molar-refractivity contribution in [1.29, 1.82) is 5.41 Å². The molecule has 288 valence electrons. The van der Waals surface area contributed by atoms with E-state index in [1.54, 1.807) is 17.8 Å². The summed E-state index contributed by atoms with van der Waals surface area (Å²) in [6.07, 6.45) is 10.0. The average Bonchev–Trinajstić information content (AvgIpc) is 3.30. The highest BCUT2D eigenvalue weighted by molar-refractivity contribution is 6.69. The van der Waals surface area contributed by atoms with Gasteiger partial charge < -0.3 is 9.80 Å². The van der Waals surface area contributed by atoms with Gasteiger partial charge in [0.25, 0.3) is 0 Å². The lowest BCUT2D eigenvalue weighted by Gasteiger charge is -2.26. The second-order valence-corrected chi connectivity index (χ2v) is 14.3. The van der Waals surface area contributed by atoms with E-state index in [1.165, 1.54) is 0 Å². The van der Waals surface area contributed by atoms with Gasteiger partial charge in [-0.3, -0.25) is 15.2 Å². The largest absolute Gasteiger partial charge is 0.311 e. The van der Waals surface area contributed by atoms with Crippen LogP contribution >= 0.6 is 0 Å². The fraction of sp³-hybridized carbons (Fsp3) is 0.0769. The van der Waals surface area contributed by atoms with Crippen LogP contribution in [0.3, 0.4) is 0 Å². The number of aromatic nitrogens is 1. The standard InChI is InChI=1S/C52H44N6O/c1-2-3-19-50(59)40-24-30-47(31-25-40)58(44-17-11-6-12-18-44)46-26-20-38(21-27-46)48-32-33-49(52(51(48)53)56-55-41-34-36-54-37-35-41)39-22-28-45(29-23-39)57(42-13-7-4-8-14-42)43-15-9-5-10-16-43/h4-18,20-37,53H,2-3,19H2,1H3,(H,54,55)/p+1. The fourth-order valence-corrected chi connectivity index (χ4v) is 7.27. The van der Waals surface area contributed by atoms with Crippen molar-refractivity contribution < 1.29 is 10.2 Å². The van der Waals surface area contributed by atoms with Crippen LogP contribution in [-0.4, -0.2) is 22.2 Å².